The number of nitrogens with one attached hydrogen (secondary N) is 1. The van der Waals surface area contributed by atoms with Crippen molar-refractivity contribution < 1.29 is 4.92 Å². The first-order valence-electron chi connectivity index (χ1n) is 8.10. The molecule has 0 unspecified atom stereocenters. The Bertz CT molecular complexity index is 1290. The van der Waals surface area contributed by atoms with E-state index in [2.05, 4.69) is 20.2 Å². The zero-order valence-electron chi connectivity index (χ0n) is 15.0. The number of fused-ring (bicyclic) bond motifs is 1. The first-order chi connectivity index (χ1) is 13.3. The molecule has 0 atom stereocenters. The van der Waals surface area contributed by atoms with Gasteiger partial charge in [-0.2, -0.15) is 0 Å². The van der Waals surface area contributed by atoms with Crippen LogP contribution in [-0.4, -0.2) is 25.1 Å². The van der Waals surface area contributed by atoms with Gasteiger partial charge in [-0.05, 0) is 38.5 Å². The van der Waals surface area contributed by atoms with Crippen LogP contribution in [-0.2, 0) is 0 Å². The molecule has 1 N–H and O–H groups in total. The molecule has 4 aromatic rings. The van der Waals surface area contributed by atoms with Crippen molar-refractivity contribution in [3.63, 3.8) is 0 Å². The van der Waals surface area contributed by atoms with Crippen molar-refractivity contribution in [1.82, 2.24) is 20.2 Å². The van der Waals surface area contributed by atoms with Gasteiger partial charge in [0.05, 0.1) is 15.2 Å². The summed E-state index contributed by atoms with van der Waals surface area (Å²) >= 11 is 4.00. The molecule has 0 fully saturated rings. The van der Waals surface area contributed by atoms with E-state index in [4.69, 9.17) is 0 Å². The summed E-state index contributed by atoms with van der Waals surface area (Å²) < 4.78 is 0.630. The van der Waals surface area contributed by atoms with E-state index in [9.17, 15) is 14.9 Å². The standard InChI is InChI=1S/C17H13N5O3S3/c1-7-8(2)26-16-13(7)15(23)18-14(19-16)10-4-5-12(11(6-10)22(24)25)28-17-21-20-9(3)27-17/h4-6H,1-3H3,(H,18,19,23). The number of aromatic amines is 1. The summed E-state index contributed by atoms with van der Waals surface area (Å²) in [6.45, 7) is 5.65. The Kier molecular flexibility index (Phi) is 4.73. The lowest BCUT2D eigenvalue weighted by molar-refractivity contribution is -0.387. The zero-order chi connectivity index (χ0) is 20.0. The van der Waals surface area contributed by atoms with Crippen LogP contribution in [0, 0.1) is 30.9 Å². The fraction of sp³-hybridized carbons (Fsp3) is 0.176. The SMILES string of the molecule is Cc1nnc(Sc2ccc(-c3nc4sc(C)c(C)c4c(=O)[nH]3)cc2[N+](=O)[O-])s1. The Morgan fingerprint density at radius 3 is 2.64 bits per heavy atom. The Labute approximate surface area is 170 Å². The molecule has 0 amide bonds. The molecule has 0 spiro atoms. The van der Waals surface area contributed by atoms with Crippen LogP contribution in [0.5, 0.6) is 0 Å². The second kappa shape index (κ2) is 7.08. The topological polar surface area (TPSA) is 115 Å². The van der Waals surface area contributed by atoms with E-state index in [0.717, 1.165) is 15.4 Å². The first kappa shape index (κ1) is 18.7. The number of H-pyrrole nitrogens is 1. The van der Waals surface area contributed by atoms with Gasteiger partial charge < -0.3 is 4.98 Å². The molecule has 3 aromatic heterocycles. The maximum absolute atomic E-state index is 12.5. The molecular weight excluding hydrogens is 418 g/mol. The van der Waals surface area contributed by atoms with Crippen molar-refractivity contribution in [3.05, 3.63) is 54.1 Å². The molecule has 8 nitrogen and oxygen atoms in total. The van der Waals surface area contributed by atoms with Gasteiger partial charge in [-0.1, -0.05) is 23.1 Å². The molecule has 1 aromatic carbocycles. The minimum Gasteiger partial charge on any atom is -0.306 e. The van der Waals surface area contributed by atoms with Crippen LogP contribution >= 0.6 is 34.4 Å². The van der Waals surface area contributed by atoms with Gasteiger partial charge in [0.2, 0.25) is 0 Å². The second-order valence-electron chi connectivity index (χ2n) is 6.01. The van der Waals surface area contributed by atoms with Crippen LogP contribution in [0.15, 0.2) is 32.2 Å². The normalized spacial score (nSPS) is 11.2. The molecule has 0 aliphatic rings. The molecule has 11 heteroatoms. The number of hydrogen-bond acceptors (Lipinski definition) is 9. The van der Waals surface area contributed by atoms with Crippen LogP contribution in [0.4, 0.5) is 5.69 Å². The molecule has 142 valence electrons. The third kappa shape index (κ3) is 3.32. The average molecular weight is 432 g/mol. The molecule has 0 bridgehead atoms. The van der Waals surface area contributed by atoms with Crippen molar-refractivity contribution in [1.29, 1.82) is 0 Å². The van der Waals surface area contributed by atoms with Gasteiger partial charge >= 0.3 is 0 Å². The van der Waals surface area contributed by atoms with Gasteiger partial charge in [0, 0.05) is 16.5 Å². The number of hydrogen-bond donors (Lipinski definition) is 1. The van der Waals surface area contributed by atoms with Gasteiger partial charge in [-0.3, -0.25) is 14.9 Å². The minimum absolute atomic E-state index is 0.0726. The highest BCUT2D eigenvalue weighted by molar-refractivity contribution is 8.01. The Balaban J connectivity index is 1.80. The summed E-state index contributed by atoms with van der Waals surface area (Å²) in [6.07, 6.45) is 0. The van der Waals surface area contributed by atoms with Crippen LogP contribution in [0.25, 0.3) is 21.6 Å². The van der Waals surface area contributed by atoms with Crippen LogP contribution < -0.4 is 5.56 Å². The monoisotopic (exact) mass is 431 g/mol. The molecule has 3 heterocycles. The Morgan fingerprint density at radius 2 is 1.96 bits per heavy atom. The predicted molar refractivity (Wildman–Crippen MR) is 111 cm³/mol. The number of nitro groups is 1. The summed E-state index contributed by atoms with van der Waals surface area (Å²) in [5.74, 6) is 0.310. The largest absolute Gasteiger partial charge is 0.306 e. The number of rotatable bonds is 4. The van der Waals surface area contributed by atoms with E-state index in [1.165, 1.54) is 40.5 Å². The highest BCUT2D eigenvalue weighted by atomic mass is 32.2. The predicted octanol–water partition coefficient (Wildman–Crippen LogP) is 4.49. The van der Waals surface area contributed by atoms with E-state index in [1.54, 1.807) is 12.1 Å². The number of nitrogens with zero attached hydrogens (tertiary/aromatic N) is 4. The van der Waals surface area contributed by atoms with E-state index in [1.807, 2.05) is 20.8 Å². The quantitative estimate of drug-likeness (QED) is 0.374. The van der Waals surface area contributed by atoms with E-state index < -0.39 is 4.92 Å². The fourth-order valence-corrected chi connectivity index (χ4v) is 5.59. The van der Waals surface area contributed by atoms with E-state index >= 15 is 0 Å². The Hall–Kier alpha value is -2.63. The number of thiophene rings is 1. The number of aryl methyl sites for hydroxylation is 3. The summed E-state index contributed by atoms with van der Waals surface area (Å²) in [6, 6.07) is 4.78. The lowest BCUT2D eigenvalue weighted by atomic mass is 10.1. The highest BCUT2D eigenvalue weighted by Crippen LogP contribution is 2.38. The number of aromatic nitrogens is 4. The van der Waals surface area contributed by atoms with Gasteiger partial charge in [0.25, 0.3) is 11.2 Å². The van der Waals surface area contributed by atoms with Crippen molar-refractivity contribution in [2.45, 2.75) is 30.0 Å². The summed E-state index contributed by atoms with van der Waals surface area (Å²) in [4.78, 5) is 33.0. The third-order valence-corrected chi connectivity index (χ3v) is 7.23. The van der Waals surface area contributed by atoms with E-state index in [0.29, 0.717) is 30.8 Å². The van der Waals surface area contributed by atoms with Crippen molar-refractivity contribution in [2.24, 2.45) is 0 Å². The molecule has 0 saturated heterocycles. The maximum atomic E-state index is 12.5. The maximum Gasteiger partial charge on any atom is 0.284 e. The van der Waals surface area contributed by atoms with E-state index in [-0.39, 0.29) is 11.2 Å². The van der Waals surface area contributed by atoms with Gasteiger partial charge in [-0.15, -0.1) is 21.5 Å². The molecule has 4 rings (SSSR count). The second-order valence-corrected chi connectivity index (χ2v) is 9.68. The summed E-state index contributed by atoms with van der Waals surface area (Å²) in [5.41, 5.74) is 1.07. The number of benzene rings is 1. The molecule has 0 aliphatic carbocycles. The molecule has 28 heavy (non-hydrogen) atoms. The van der Waals surface area contributed by atoms with Crippen LogP contribution in [0.1, 0.15) is 15.4 Å². The average Bonchev–Trinajstić information content (AvgIpc) is 3.18. The number of nitro benzene ring substituents is 1. The summed E-state index contributed by atoms with van der Waals surface area (Å²) in [5, 5.41) is 20.9. The molecule has 0 radical (unpaired) electrons. The highest BCUT2D eigenvalue weighted by Gasteiger charge is 2.20. The smallest absolute Gasteiger partial charge is 0.284 e. The molecule has 0 saturated carbocycles. The van der Waals surface area contributed by atoms with Gasteiger partial charge in [0.15, 0.2) is 4.34 Å². The summed E-state index contributed by atoms with van der Waals surface area (Å²) in [7, 11) is 0. The lowest BCUT2D eigenvalue weighted by Crippen LogP contribution is -2.09. The minimum atomic E-state index is -0.449. The first-order valence-corrected chi connectivity index (χ1v) is 10.5. The lowest BCUT2D eigenvalue weighted by Gasteiger charge is -2.05. The van der Waals surface area contributed by atoms with Gasteiger partial charge in [0.1, 0.15) is 15.7 Å². The van der Waals surface area contributed by atoms with Gasteiger partial charge in [-0.25, -0.2) is 4.98 Å². The van der Waals surface area contributed by atoms with Crippen molar-refractivity contribution >= 4 is 50.3 Å². The van der Waals surface area contributed by atoms with Crippen molar-refractivity contribution in [3.8, 4) is 11.4 Å². The fourth-order valence-electron chi connectivity index (χ4n) is 2.70. The van der Waals surface area contributed by atoms with Crippen LogP contribution in [0.3, 0.4) is 0 Å². The zero-order valence-corrected chi connectivity index (χ0v) is 17.4. The van der Waals surface area contributed by atoms with Crippen LogP contribution in [0.2, 0.25) is 0 Å². The third-order valence-electron chi connectivity index (χ3n) is 4.17. The molecular formula is C17H13N5O3S3. The molecule has 0 aliphatic heterocycles. The Morgan fingerprint density at radius 1 is 1.18 bits per heavy atom. The van der Waals surface area contributed by atoms with Crippen molar-refractivity contribution in [2.75, 3.05) is 0 Å².